The van der Waals surface area contributed by atoms with E-state index in [0.29, 0.717) is 0 Å². The van der Waals surface area contributed by atoms with Crippen LogP contribution in [0.1, 0.15) is 18.2 Å². The molecule has 0 radical (unpaired) electrons. The summed E-state index contributed by atoms with van der Waals surface area (Å²) >= 11 is 0. The quantitative estimate of drug-likeness (QED) is 0.808. The smallest absolute Gasteiger partial charge is 0.0718 e. The van der Waals surface area contributed by atoms with Crippen LogP contribution < -0.4 is 5.73 Å². The third kappa shape index (κ3) is 1.88. The van der Waals surface area contributed by atoms with Gasteiger partial charge in [-0.15, -0.1) is 0 Å². The topological polar surface area (TPSA) is 43.8 Å². The van der Waals surface area contributed by atoms with E-state index in [9.17, 15) is 0 Å². The summed E-state index contributed by atoms with van der Waals surface area (Å²) in [5.41, 5.74) is 9.36. The highest BCUT2D eigenvalue weighted by atomic mass is 15.3. The van der Waals surface area contributed by atoms with Crippen LogP contribution in [0.5, 0.6) is 0 Å². The van der Waals surface area contributed by atoms with Crippen LogP contribution in [0, 0.1) is 6.92 Å². The van der Waals surface area contributed by atoms with E-state index in [1.807, 2.05) is 18.7 Å². The second-order valence-corrected chi connectivity index (χ2v) is 4.27. The zero-order valence-corrected chi connectivity index (χ0v) is 9.49. The van der Waals surface area contributed by atoms with Crippen molar-refractivity contribution < 1.29 is 0 Å². The van der Waals surface area contributed by atoms with Gasteiger partial charge < -0.3 is 5.73 Å². The highest BCUT2D eigenvalue weighted by molar-refractivity contribution is 5.82. The average Bonchev–Trinajstić information content (AvgIpc) is 2.42. The first-order valence-corrected chi connectivity index (χ1v) is 5.25. The molecule has 0 spiro atoms. The first kappa shape index (κ1) is 10.2. The molecule has 0 aliphatic rings. The molecule has 0 bridgehead atoms. The van der Waals surface area contributed by atoms with Gasteiger partial charge in [0, 0.05) is 24.9 Å². The van der Waals surface area contributed by atoms with Crippen molar-refractivity contribution in [1.29, 1.82) is 0 Å². The maximum absolute atomic E-state index is 5.81. The summed E-state index contributed by atoms with van der Waals surface area (Å²) in [6, 6.07) is 6.56. The number of aromatic nitrogens is 2. The van der Waals surface area contributed by atoms with Gasteiger partial charge in [-0.3, -0.25) is 4.68 Å². The molecule has 2 aromatic rings. The van der Waals surface area contributed by atoms with Crippen LogP contribution in [0.3, 0.4) is 0 Å². The first-order chi connectivity index (χ1) is 7.08. The molecule has 0 fully saturated rings. The minimum Gasteiger partial charge on any atom is -0.328 e. The Kier molecular flexibility index (Phi) is 2.49. The number of rotatable bonds is 2. The summed E-state index contributed by atoms with van der Waals surface area (Å²) in [7, 11) is 1.97. The zero-order chi connectivity index (χ0) is 11.0. The number of aryl methyl sites for hydroxylation is 2. The molecule has 3 nitrogen and oxygen atoms in total. The second-order valence-electron chi connectivity index (χ2n) is 4.27. The normalized spacial score (nSPS) is 13.3. The molecular formula is C12H17N3. The maximum Gasteiger partial charge on any atom is 0.0718 e. The maximum atomic E-state index is 5.81. The fraction of sp³-hybridized carbons (Fsp3) is 0.417. The average molecular weight is 203 g/mol. The van der Waals surface area contributed by atoms with E-state index in [4.69, 9.17) is 5.73 Å². The van der Waals surface area contributed by atoms with Gasteiger partial charge in [-0.05, 0) is 26.0 Å². The van der Waals surface area contributed by atoms with Crippen molar-refractivity contribution in [2.75, 3.05) is 0 Å². The highest BCUT2D eigenvalue weighted by Gasteiger charge is 2.09. The Morgan fingerprint density at radius 1 is 1.47 bits per heavy atom. The third-order valence-electron chi connectivity index (χ3n) is 2.60. The number of fused-ring (bicyclic) bond motifs is 1. The molecule has 1 aromatic heterocycles. The van der Waals surface area contributed by atoms with E-state index in [-0.39, 0.29) is 6.04 Å². The van der Waals surface area contributed by atoms with Gasteiger partial charge in [-0.25, -0.2) is 0 Å². The minimum absolute atomic E-state index is 0.156. The first-order valence-electron chi connectivity index (χ1n) is 5.25. The summed E-state index contributed by atoms with van der Waals surface area (Å²) in [6.07, 6.45) is 0.834. The van der Waals surface area contributed by atoms with E-state index in [1.54, 1.807) is 0 Å². The predicted molar refractivity (Wildman–Crippen MR) is 62.8 cm³/mol. The summed E-state index contributed by atoms with van der Waals surface area (Å²) < 4.78 is 1.92. The number of benzene rings is 1. The lowest BCUT2D eigenvalue weighted by Crippen LogP contribution is -2.18. The molecule has 1 aromatic carbocycles. The molecule has 15 heavy (non-hydrogen) atoms. The fourth-order valence-corrected chi connectivity index (χ4v) is 1.91. The predicted octanol–water partition coefficient (Wildman–Crippen LogP) is 1.77. The van der Waals surface area contributed by atoms with Gasteiger partial charge in [0.25, 0.3) is 0 Å². The van der Waals surface area contributed by atoms with Crippen LogP contribution in [0.4, 0.5) is 0 Å². The monoisotopic (exact) mass is 203 g/mol. The van der Waals surface area contributed by atoms with Crippen molar-refractivity contribution in [2.45, 2.75) is 26.3 Å². The van der Waals surface area contributed by atoms with E-state index in [1.165, 1.54) is 16.5 Å². The molecule has 80 valence electrons. The van der Waals surface area contributed by atoms with Crippen LogP contribution in [-0.4, -0.2) is 15.8 Å². The van der Waals surface area contributed by atoms with Gasteiger partial charge >= 0.3 is 0 Å². The molecule has 0 aliphatic heterocycles. The summed E-state index contributed by atoms with van der Waals surface area (Å²) in [6.45, 7) is 4.11. The second kappa shape index (κ2) is 3.66. The SMILES string of the molecule is Cc1ccc2c(c1)c(CC(C)N)nn2C. The van der Waals surface area contributed by atoms with Gasteiger partial charge in [-0.2, -0.15) is 5.10 Å². The van der Waals surface area contributed by atoms with Crippen molar-refractivity contribution in [2.24, 2.45) is 12.8 Å². The number of nitrogens with zero attached hydrogens (tertiary/aromatic N) is 2. The Morgan fingerprint density at radius 3 is 2.87 bits per heavy atom. The Balaban J connectivity index is 2.59. The van der Waals surface area contributed by atoms with Crippen LogP contribution >= 0.6 is 0 Å². The lowest BCUT2D eigenvalue weighted by atomic mass is 10.1. The molecule has 0 saturated heterocycles. The molecule has 0 saturated carbocycles. The molecular weight excluding hydrogens is 186 g/mol. The third-order valence-corrected chi connectivity index (χ3v) is 2.60. The molecule has 1 heterocycles. The molecule has 0 amide bonds. The Hall–Kier alpha value is -1.35. The summed E-state index contributed by atoms with van der Waals surface area (Å²) in [5.74, 6) is 0. The van der Waals surface area contributed by atoms with E-state index >= 15 is 0 Å². The fourth-order valence-electron chi connectivity index (χ4n) is 1.91. The van der Waals surface area contributed by atoms with Crippen LogP contribution in [0.25, 0.3) is 10.9 Å². The number of nitrogens with two attached hydrogens (primary N) is 1. The van der Waals surface area contributed by atoms with E-state index < -0.39 is 0 Å². The van der Waals surface area contributed by atoms with Crippen LogP contribution in [0.15, 0.2) is 18.2 Å². The van der Waals surface area contributed by atoms with Crippen molar-refractivity contribution in [3.8, 4) is 0 Å². The number of hydrogen-bond acceptors (Lipinski definition) is 2. The van der Waals surface area contributed by atoms with Crippen molar-refractivity contribution >= 4 is 10.9 Å². The van der Waals surface area contributed by atoms with E-state index in [0.717, 1.165) is 12.1 Å². The van der Waals surface area contributed by atoms with Gasteiger partial charge in [0.2, 0.25) is 0 Å². The van der Waals surface area contributed by atoms with Gasteiger partial charge in [0.15, 0.2) is 0 Å². The Bertz CT molecular complexity index is 483. The number of hydrogen-bond donors (Lipinski definition) is 1. The largest absolute Gasteiger partial charge is 0.328 e. The van der Waals surface area contributed by atoms with Gasteiger partial charge in [0.05, 0.1) is 11.2 Å². The molecule has 0 aliphatic carbocycles. The van der Waals surface area contributed by atoms with Gasteiger partial charge in [-0.1, -0.05) is 11.6 Å². The van der Waals surface area contributed by atoms with Crippen LogP contribution in [-0.2, 0) is 13.5 Å². The zero-order valence-electron chi connectivity index (χ0n) is 9.49. The Labute approximate surface area is 89.9 Å². The standard InChI is InChI=1S/C12H17N3/c1-8-4-5-12-10(6-8)11(7-9(2)13)14-15(12)3/h4-6,9H,7,13H2,1-3H3. The van der Waals surface area contributed by atoms with Crippen molar-refractivity contribution in [1.82, 2.24) is 9.78 Å². The molecule has 2 rings (SSSR count). The molecule has 3 heteroatoms. The summed E-state index contributed by atoms with van der Waals surface area (Å²) in [4.78, 5) is 0. The molecule has 1 atom stereocenters. The summed E-state index contributed by atoms with van der Waals surface area (Å²) in [5, 5.41) is 5.74. The van der Waals surface area contributed by atoms with Crippen molar-refractivity contribution in [3.05, 3.63) is 29.5 Å². The lowest BCUT2D eigenvalue weighted by molar-refractivity contribution is 0.693. The lowest BCUT2D eigenvalue weighted by Gasteiger charge is -2.01. The van der Waals surface area contributed by atoms with E-state index in [2.05, 4.69) is 30.2 Å². The molecule has 2 N–H and O–H groups in total. The highest BCUT2D eigenvalue weighted by Crippen LogP contribution is 2.20. The minimum atomic E-state index is 0.156. The van der Waals surface area contributed by atoms with Gasteiger partial charge in [0.1, 0.15) is 0 Å². The van der Waals surface area contributed by atoms with Crippen LogP contribution in [0.2, 0.25) is 0 Å². The molecule has 1 unspecified atom stereocenters. The van der Waals surface area contributed by atoms with Crippen molar-refractivity contribution in [3.63, 3.8) is 0 Å². The Morgan fingerprint density at radius 2 is 2.20 bits per heavy atom.